The minimum atomic E-state index is -1.59. The van der Waals surface area contributed by atoms with Gasteiger partial charge in [0.1, 0.15) is 18.2 Å². The van der Waals surface area contributed by atoms with Crippen LogP contribution in [0.4, 0.5) is 0 Å². The Morgan fingerprint density at radius 1 is 1.17 bits per heavy atom. The van der Waals surface area contributed by atoms with E-state index in [1.807, 2.05) is 0 Å². The molecule has 0 saturated carbocycles. The van der Waals surface area contributed by atoms with Crippen molar-refractivity contribution >= 4 is 70.3 Å². The number of aromatic nitrogens is 3. The number of fused-ring (bicyclic) bond motifs is 1. The van der Waals surface area contributed by atoms with Crippen LogP contribution in [0.25, 0.3) is 11.5 Å². The molecular formula is C26H21N6NaO10S3. The van der Waals surface area contributed by atoms with Gasteiger partial charge in [0.25, 0.3) is 11.1 Å². The van der Waals surface area contributed by atoms with Crippen LogP contribution >= 0.6 is 34.9 Å². The second kappa shape index (κ2) is 15.2. The number of hydrogen-bond acceptors (Lipinski definition) is 17. The van der Waals surface area contributed by atoms with E-state index in [0.717, 1.165) is 16.7 Å². The minimum Gasteiger partial charge on any atom is -0.543 e. The number of benzene rings is 1. The molecule has 1 saturated heterocycles. The fourth-order valence-electron chi connectivity index (χ4n) is 4.23. The number of carbonyl (C=O) groups is 5. The van der Waals surface area contributed by atoms with E-state index >= 15 is 0 Å². The van der Waals surface area contributed by atoms with Gasteiger partial charge < -0.3 is 33.9 Å². The summed E-state index contributed by atoms with van der Waals surface area (Å²) >= 11 is 3.38. The Hall–Kier alpha value is -3.75. The Morgan fingerprint density at radius 2 is 1.91 bits per heavy atom. The molecule has 1 unspecified atom stereocenters. The maximum atomic E-state index is 13.3. The number of thioether (sulfide) groups is 2. The van der Waals surface area contributed by atoms with Gasteiger partial charge in [-0.2, -0.15) is 0 Å². The zero-order chi connectivity index (χ0) is 32.2. The number of oxime groups is 1. The summed E-state index contributed by atoms with van der Waals surface area (Å²) in [4.78, 5) is 71.0. The van der Waals surface area contributed by atoms with Crippen molar-refractivity contribution in [3.8, 4) is 23.0 Å². The van der Waals surface area contributed by atoms with Crippen LogP contribution in [-0.4, -0.2) is 79.1 Å². The van der Waals surface area contributed by atoms with Gasteiger partial charge in [0.15, 0.2) is 17.2 Å². The fraction of sp³-hybridized carbons (Fsp3) is 0.269. The standard InChI is InChI=1S/C26H22N6O10S3.Na/c1-11(33)40-16-5-4-13(6-17(16)41-12(2)34)23-29-30-26(42-23)44-8-14-21(25(37)38)32-18(35)7-19(32)45-24(14)28-22(36)20(31-39-3)15-9-43-10-27-15;/h4-6,9-10,19,24H,7-8H2,1-3H3,(H,28,36)(H,37,38);/q;+1/p-1/t19-,24?;/m0./s1. The summed E-state index contributed by atoms with van der Waals surface area (Å²) < 4.78 is 16.0. The van der Waals surface area contributed by atoms with Crippen LogP contribution in [0.1, 0.15) is 26.0 Å². The number of hydrogen-bond donors (Lipinski definition) is 1. The van der Waals surface area contributed by atoms with E-state index in [9.17, 15) is 29.1 Å². The van der Waals surface area contributed by atoms with Crippen LogP contribution in [-0.2, 0) is 28.8 Å². The van der Waals surface area contributed by atoms with Crippen molar-refractivity contribution in [1.29, 1.82) is 0 Å². The fourth-order valence-corrected chi connectivity index (χ4v) is 7.12. The molecule has 46 heavy (non-hydrogen) atoms. The molecule has 3 aromatic rings. The summed E-state index contributed by atoms with van der Waals surface area (Å²) in [6.07, 6.45) is 0.0813. The van der Waals surface area contributed by atoms with Gasteiger partial charge in [-0.15, -0.1) is 33.3 Å². The van der Waals surface area contributed by atoms with E-state index < -0.39 is 40.5 Å². The number of carboxylic acids is 1. The van der Waals surface area contributed by atoms with Crippen LogP contribution in [0, 0.1) is 0 Å². The molecule has 16 nitrogen and oxygen atoms in total. The van der Waals surface area contributed by atoms with Crippen LogP contribution in [0.3, 0.4) is 0 Å². The molecule has 0 aliphatic carbocycles. The van der Waals surface area contributed by atoms with Crippen molar-refractivity contribution in [3.05, 3.63) is 46.1 Å². The molecule has 0 bridgehead atoms. The van der Waals surface area contributed by atoms with Gasteiger partial charge in [0.2, 0.25) is 11.8 Å². The van der Waals surface area contributed by atoms with Crippen LogP contribution in [0.5, 0.6) is 11.5 Å². The van der Waals surface area contributed by atoms with Gasteiger partial charge in [0, 0.05) is 30.5 Å². The number of nitrogens with zero attached hydrogens (tertiary/aromatic N) is 5. The molecule has 1 N–H and O–H groups in total. The molecule has 5 rings (SSSR count). The normalized spacial score (nSPS) is 17.3. The number of rotatable bonds is 11. The van der Waals surface area contributed by atoms with Gasteiger partial charge in [-0.1, -0.05) is 16.9 Å². The van der Waals surface area contributed by atoms with Gasteiger partial charge in [-0.3, -0.25) is 24.1 Å². The third-order valence-electron chi connectivity index (χ3n) is 6.04. The maximum absolute atomic E-state index is 13.3. The molecule has 4 heterocycles. The van der Waals surface area contributed by atoms with Crippen molar-refractivity contribution in [2.45, 2.75) is 36.2 Å². The second-order valence-corrected chi connectivity index (χ2v) is 12.0. The molecule has 20 heteroatoms. The Labute approximate surface area is 294 Å². The first-order valence-corrected chi connectivity index (χ1v) is 15.6. The Kier molecular flexibility index (Phi) is 11.6. The molecule has 2 amide bonds. The van der Waals surface area contributed by atoms with Crippen molar-refractivity contribution in [2.75, 3.05) is 12.9 Å². The smallest absolute Gasteiger partial charge is 0.543 e. The zero-order valence-corrected chi connectivity index (χ0v) is 28.9. The molecule has 0 spiro atoms. The molecule has 234 valence electrons. The van der Waals surface area contributed by atoms with Gasteiger partial charge in [-0.05, 0) is 23.8 Å². The number of nitrogens with one attached hydrogen (secondary N) is 1. The third-order valence-corrected chi connectivity index (χ3v) is 8.86. The number of carbonyl (C=O) groups excluding carboxylic acids is 5. The van der Waals surface area contributed by atoms with Crippen LogP contribution in [0.2, 0.25) is 0 Å². The van der Waals surface area contributed by atoms with Crippen LogP contribution < -0.4 is 49.5 Å². The minimum absolute atomic E-state index is 0. The van der Waals surface area contributed by atoms with E-state index in [2.05, 4.69) is 25.7 Å². The first-order chi connectivity index (χ1) is 21.5. The van der Waals surface area contributed by atoms with E-state index in [-0.39, 0.29) is 87.0 Å². The van der Waals surface area contributed by atoms with Gasteiger partial charge in [0.05, 0.1) is 29.0 Å². The van der Waals surface area contributed by atoms with E-state index in [4.69, 9.17) is 18.7 Å². The maximum Gasteiger partial charge on any atom is 1.00 e. The van der Waals surface area contributed by atoms with Gasteiger partial charge in [-0.25, -0.2) is 4.98 Å². The number of carboxylic acid groups (broad SMARTS) is 1. The first kappa shape index (κ1) is 35.1. The summed E-state index contributed by atoms with van der Waals surface area (Å²) in [5.74, 6) is -4.07. The molecule has 0 radical (unpaired) electrons. The summed E-state index contributed by atoms with van der Waals surface area (Å²) in [5, 5.41) is 27.0. The Morgan fingerprint density at radius 3 is 2.54 bits per heavy atom. The second-order valence-electron chi connectivity index (χ2n) is 9.08. The number of esters is 2. The summed E-state index contributed by atoms with van der Waals surface area (Å²) in [6.45, 7) is 2.38. The Balaban J connectivity index is 0.00000480. The van der Waals surface area contributed by atoms with Crippen molar-refractivity contribution < 1.29 is 77.4 Å². The predicted molar refractivity (Wildman–Crippen MR) is 156 cm³/mol. The van der Waals surface area contributed by atoms with Gasteiger partial charge >= 0.3 is 41.5 Å². The zero-order valence-electron chi connectivity index (χ0n) is 24.5. The predicted octanol–water partition coefficient (Wildman–Crippen LogP) is -2.06. The molecule has 2 aliphatic rings. The van der Waals surface area contributed by atoms with E-state index in [0.29, 0.717) is 5.56 Å². The van der Waals surface area contributed by atoms with E-state index in [1.165, 1.54) is 67.8 Å². The van der Waals surface area contributed by atoms with E-state index in [1.54, 1.807) is 5.38 Å². The molecule has 1 aromatic carbocycles. The topological polar surface area (TPSA) is 216 Å². The third kappa shape index (κ3) is 7.78. The molecule has 2 atom stereocenters. The summed E-state index contributed by atoms with van der Waals surface area (Å²) in [5.41, 5.74) is 1.77. The van der Waals surface area contributed by atoms with Crippen molar-refractivity contribution in [3.63, 3.8) is 0 Å². The largest absolute Gasteiger partial charge is 1.00 e. The number of ether oxygens (including phenoxy) is 2. The Bertz CT molecular complexity index is 1750. The molecule has 1 fully saturated rings. The van der Waals surface area contributed by atoms with Crippen molar-refractivity contribution in [1.82, 2.24) is 25.4 Å². The van der Waals surface area contributed by atoms with Crippen LogP contribution in [0.15, 0.2) is 55.2 Å². The first-order valence-electron chi connectivity index (χ1n) is 12.8. The quantitative estimate of drug-likeness (QED) is 0.0434. The monoisotopic (exact) mass is 696 g/mol. The number of aliphatic carboxylic acids is 1. The average Bonchev–Trinajstić information content (AvgIpc) is 3.68. The number of β-lactam (4-membered cyclic amide) rings is 1. The SMILES string of the molecule is CON=C(C(=O)NC1S[C@H]2CC(=O)N2C(C(=O)[O-])=C1CSc1nnc(-c2ccc(OC(C)=O)c(OC(C)=O)c2)o1)c1cscn1.[Na+]. The molecule has 2 aliphatic heterocycles. The molecule has 2 aromatic heterocycles. The summed E-state index contributed by atoms with van der Waals surface area (Å²) in [6, 6.07) is 4.27. The van der Waals surface area contributed by atoms with Crippen molar-refractivity contribution in [2.24, 2.45) is 5.16 Å². The number of amides is 2. The molecular weight excluding hydrogens is 676 g/mol. The summed E-state index contributed by atoms with van der Waals surface area (Å²) in [7, 11) is 1.27. The number of thiazole rings is 1. The average molecular weight is 697 g/mol.